The van der Waals surface area contributed by atoms with Crippen LogP contribution in [-0.2, 0) is 16.2 Å². The smallest absolute Gasteiger partial charge is 0.252 e. The van der Waals surface area contributed by atoms with E-state index in [0.717, 1.165) is 78.6 Å². The Kier molecular flexibility index (Phi) is 13.3. The first-order valence-corrected chi connectivity index (χ1v) is 29.7. The van der Waals surface area contributed by atoms with Gasteiger partial charge in [0.2, 0.25) is 0 Å². The van der Waals surface area contributed by atoms with Gasteiger partial charge in [-0.3, -0.25) is 0 Å². The molecule has 3 nitrogen and oxygen atoms in total. The van der Waals surface area contributed by atoms with Crippen LogP contribution in [0.3, 0.4) is 0 Å². The van der Waals surface area contributed by atoms with E-state index in [2.05, 4.69) is 310 Å². The summed E-state index contributed by atoms with van der Waals surface area (Å²) >= 11 is 0. The number of anilines is 6. The highest BCUT2D eigenvalue weighted by atomic mass is 15.2. The first-order chi connectivity index (χ1) is 40.4. The highest BCUT2D eigenvalue weighted by Gasteiger charge is 2.46. The number of aryl methyl sites for hydroxylation is 1. The number of nitrogens with zero attached hydrogens (tertiary/aromatic N) is 3. The van der Waals surface area contributed by atoms with Crippen LogP contribution in [-0.4, -0.2) is 6.71 Å². The van der Waals surface area contributed by atoms with Gasteiger partial charge < -0.3 is 9.80 Å². The van der Waals surface area contributed by atoms with Gasteiger partial charge in [-0.25, -0.2) is 0 Å². The van der Waals surface area contributed by atoms with Gasteiger partial charge in [-0.2, -0.15) is 5.26 Å². The van der Waals surface area contributed by atoms with Crippen LogP contribution in [0.25, 0.3) is 66.8 Å². The summed E-state index contributed by atoms with van der Waals surface area (Å²) in [4.78, 5) is 5.34. The predicted octanol–water partition coefficient (Wildman–Crippen LogP) is 19.8. The molecule has 2 aliphatic rings. The maximum atomic E-state index is 10.3. The van der Waals surface area contributed by atoms with E-state index in [0.29, 0.717) is 5.56 Å². The third-order valence-electron chi connectivity index (χ3n) is 17.4. The molecule has 11 aromatic carbocycles. The average molecular weight is 1080 g/mol. The van der Waals surface area contributed by atoms with Crippen LogP contribution in [0, 0.1) is 18.3 Å². The maximum Gasteiger partial charge on any atom is 0.252 e. The summed E-state index contributed by atoms with van der Waals surface area (Å²) in [6, 6.07) is 92.8. The zero-order valence-electron chi connectivity index (χ0n) is 50.0. The molecule has 4 heteroatoms. The van der Waals surface area contributed by atoms with Crippen LogP contribution in [0.15, 0.2) is 243 Å². The Balaban J connectivity index is 1.26. The Morgan fingerprint density at radius 2 is 0.679 bits per heavy atom. The minimum absolute atomic E-state index is 0.160. The number of rotatable bonds is 8. The molecule has 0 unspecified atom stereocenters. The standard InChI is InChI=1S/C80H70BN3/c1-52-41-72-70(50-64(52)54-28-16-11-17-29-54)81-69-43-60(59-38-26-27-53(42-59)51-82)39-40-71(69)83(76-65(55-30-18-12-19-31-55)44-61(78(2,3)4)45-66(76)56-32-20-13-21-33-56)73-48-63(80(8,9)10)49-74(75(73)81)84(72)77-67(57-34-22-14-23-35-57)46-62(79(5,6)7)47-68(77)58-36-24-15-25-37-58/h11-50H,1-10H3. The van der Waals surface area contributed by atoms with Gasteiger partial charge in [0, 0.05) is 45.0 Å². The lowest BCUT2D eigenvalue weighted by molar-refractivity contribution is 0.590. The Morgan fingerprint density at radius 1 is 0.321 bits per heavy atom. The van der Waals surface area contributed by atoms with Crippen LogP contribution in [0.5, 0.6) is 0 Å². The van der Waals surface area contributed by atoms with Crippen molar-refractivity contribution in [3.05, 3.63) is 270 Å². The molecule has 0 atom stereocenters. The van der Waals surface area contributed by atoms with E-state index >= 15 is 0 Å². The van der Waals surface area contributed by atoms with Gasteiger partial charge in [-0.1, -0.05) is 244 Å². The Labute approximate surface area is 498 Å². The molecule has 0 bridgehead atoms. The fourth-order valence-electron chi connectivity index (χ4n) is 12.9. The van der Waals surface area contributed by atoms with E-state index in [9.17, 15) is 5.26 Å². The molecule has 0 spiro atoms. The number of nitriles is 1. The quantitative estimate of drug-likeness (QED) is 0.142. The van der Waals surface area contributed by atoms with Gasteiger partial charge in [-0.15, -0.1) is 0 Å². The van der Waals surface area contributed by atoms with Crippen molar-refractivity contribution in [1.29, 1.82) is 5.26 Å². The first-order valence-electron chi connectivity index (χ1n) is 29.7. The number of fused-ring (bicyclic) bond motifs is 4. The molecule has 84 heavy (non-hydrogen) atoms. The summed E-state index contributed by atoms with van der Waals surface area (Å²) in [6.45, 7) is 23.2. The molecule has 0 aliphatic carbocycles. The van der Waals surface area contributed by atoms with Crippen molar-refractivity contribution in [3.8, 4) is 72.8 Å². The van der Waals surface area contributed by atoms with Crippen molar-refractivity contribution >= 4 is 57.2 Å². The summed E-state index contributed by atoms with van der Waals surface area (Å²) in [6.07, 6.45) is 0. The zero-order chi connectivity index (χ0) is 58.2. The Bertz CT molecular complexity index is 4250. The summed E-state index contributed by atoms with van der Waals surface area (Å²) in [5.41, 5.74) is 29.3. The van der Waals surface area contributed by atoms with E-state index in [1.165, 1.54) is 60.9 Å². The minimum atomic E-state index is -0.275. The van der Waals surface area contributed by atoms with E-state index in [1.54, 1.807) is 0 Å². The molecule has 13 rings (SSSR count). The average Bonchev–Trinajstić information content (AvgIpc) is 0.713. The third-order valence-corrected chi connectivity index (χ3v) is 17.4. The molecule has 408 valence electrons. The van der Waals surface area contributed by atoms with E-state index < -0.39 is 0 Å². The van der Waals surface area contributed by atoms with Crippen molar-refractivity contribution in [1.82, 2.24) is 0 Å². The predicted molar refractivity (Wildman–Crippen MR) is 359 cm³/mol. The van der Waals surface area contributed by atoms with E-state index in [4.69, 9.17) is 0 Å². The number of benzene rings is 11. The van der Waals surface area contributed by atoms with Crippen LogP contribution in [0.1, 0.15) is 90.1 Å². The lowest BCUT2D eigenvalue weighted by Gasteiger charge is -2.47. The highest BCUT2D eigenvalue weighted by Crippen LogP contribution is 2.55. The summed E-state index contributed by atoms with van der Waals surface area (Å²) in [7, 11) is 0. The monoisotopic (exact) mass is 1080 g/mol. The topological polar surface area (TPSA) is 30.3 Å². The molecule has 0 N–H and O–H groups in total. The fraction of sp³-hybridized carbons (Fsp3) is 0.163. The molecule has 0 radical (unpaired) electrons. The Hall–Kier alpha value is -9.43. The summed E-state index contributed by atoms with van der Waals surface area (Å²) < 4.78 is 0. The SMILES string of the molecule is Cc1cc2c(cc1-c1ccccc1)B1c3cc(-c4cccc(C#N)c4)ccc3N(c3c(-c4ccccc4)cc(C(C)(C)C)cc3-c3ccccc3)c3cc(C(C)(C)C)cc(c31)N2c1c(-c2ccccc2)cc(C(C)(C)C)cc1-c1ccccc1. The fourth-order valence-corrected chi connectivity index (χ4v) is 12.9. The molecule has 2 aliphatic heterocycles. The molecule has 0 fully saturated rings. The van der Waals surface area contributed by atoms with Gasteiger partial charge in [0.25, 0.3) is 6.71 Å². The van der Waals surface area contributed by atoms with Crippen molar-refractivity contribution < 1.29 is 0 Å². The van der Waals surface area contributed by atoms with Crippen LogP contribution < -0.4 is 26.2 Å². The molecule has 0 saturated heterocycles. The molecule has 11 aromatic rings. The van der Waals surface area contributed by atoms with E-state index in [1.807, 2.05) is 18.2 Å². The van der Waals surface area contributed by atoms with Gasteiger partial charge in [-0.05, 0) is 167 Å². The van der Waals surface area contributed by atoms with Crippen LogP contribution in [0.2, 0.25) is 0 Å². The number of hydrogen-bond donors (Lipinski definition) is 0. The molecule has 2 heterocycles. The van der Waals surface area contributed by atoms with Gasteiger partial charge in [0.15, 0.2) is 0 Å². The number of hydrogen-bond acceptors (Lipinski definition) is 3. The molecular formula is C80H70BN3. The van der Waals surface area contributed by atoms with Crippen LogP contribution >= 0.6 is 0 Å². The largest absolute Gasteiger partial charge is 0.310 e. The second-order valence-electron chi connectivity index (χ2n) is 26.1. The second kappa shape index (κ2) is 20.8. The Morgan fingerprint density at radius 3 is 1.08 bits per heavy atom. The second-order valence-corrected chi connectivity index (χ2v) is 26.1. The lowest BCUT2D eigenvalue weighted by Crippen LogP contribution is -2.61. The molecule has 0 amide bonds. The van der Waals surface area contributed by atoms with Crippen LogP contribution in [0.4, 0.5) is 34.1 Å². The van der Waals surface area contributed by atoms with Crippen molar-refractivity contribution in [2.45, 2.75) is 85.5 Å². The van der Waals surface area contributed by atoms with Gasteiger partial charge >= 0.3 is 0 Å². The molecular weight excluding hydrogens is 1010 g/mol. The maximum absolute atomic E-state index is 10.3. The normalized spacial score (nSPS) is 12.8. The minimum Gasteiger partial charge on any atom is -0.310 e. The van der Waals surface area contributed by atoms with Gasteiger partial charge in [0.1, 0.15) is 0 Å². The van der Waals surface area contributed by atoms with E-state index in [-0.39, 0.29) is 23.0 Å². The van der Waals surface area contributed by atoms with Crippen molar-refractivity contribution in [2.75, 3.05) is 9.80 Å². The molecule has 0 aromatic heterocycles. The summed E-state index contributed by atoms with van der Waals surface area (Å²) in [5, 5.41) is 10.3. The highest BCUT2D eigenvalue weighted by molar-refractivity contribution is 7.00. The third kappa shape index (κ3) is 9.52. The first kappa shape index (κ1) is 53.9. The van der Waals surface area contributed by atoms with Crippen molar-refractivity contribution in [2.24, 2.45) is 0 Å². The van der Waals surface area contributed by atoms with Crippen molar-refractivity contribution in [3.63, 3.8) is 0 Å². The summed E-state index contributed by atoms with van der Waals surface area (Å²) in [5.74, 6) is 0. The molecule has 0 saturated carbocycles. The van der Waals surface area contributed by atoms with Gasteiger partial charge in [0.05, 0.1) is 23.0 Å². The zero-order valence-corrected chi connectivity index (χ0v) is 50.0. The lowest BCUT2D eigenvalue weighted by atomic mass is 9.33.